The number of unbranched alkanes of at least 4 members (excludes halogenated alkanes) is 19. The van der Waals surface area contributed by atoms with Crippen LogP contribution in [0.15, 0.2) is 0 Å². The molecule has 0 aromatic carbocycles. The summed E-state index contributed by atoms with van der Waals surface area (Å²) in [5, 5.41) is 0. The molecule has 1 nitrogen and oxygen atoms in total. The maximum atomic E-state index is 2.30. The summed E-state index contributed by atoms with van der Waals surface area (Å²) in [6, 6.07) is 0. The van der Waals surface area contributed by atoms with Crippen LogP contribution in [0.3, 0.4) is 0 Å². The molecule has 0 saturated heterocycles. The Kier molecular flexibility index (Phi) is 36.6. The van der Waals surface area contributed by atoms with Crippen molar-refractivity contribution in [1.82, 2.24) is 4.90 Å². The second-order valence-corrected chi connectivity index (χ2v) is 8.71. The Morgan fingerprint density at radius 3 is 0.556 bits per heavy atom. The first kappa shape index (κ1) is 31.9. The lowest BCUT2D eigenvalue weighted by atomic mass is 10.0. The minimum atomic E-state index is 0. The van der Waals surface area contributed by atoms with Gasteiger partial charge < -0.3 is 4.90 Å². The Labute approximate surface area is 180 Å². The number of halogens is 1. The molecule has 168 valence electrons. The maximum absolute atomic E-state index is 2.30. The molecule has 0 aromatic heterocycles. The van der Waals surface area contributed by atoms with Gasteiger partial charge in [-0.2, -0.15) is 0 Å². The molecule has 0 atom stereocenters. The Balaban J connectivity index is -0.00000104. The van der Waals surface area contributed by atoms with E-state index in [9.17, 15) is 0 Å². The van der Waals surface area contributed by atoms with Crippen LogP contribution in [0.5, 0.6) is 0 Å². The zero-order valence-electron chi connectivity index (χ0n) is 20.0. The van der Waals surface area contributed by atoms with Gasteiger partial charge in [0.05, 0.1) is 0 Å². The molecule has 0 aromatic rings. The van der Waals surface area contributed by atoms with Crippen molar-refractivity contribution >= 4 is 12.4 Å². The van der Waals surface area contributed by atoms with Crippen molar-refractivity contribution in [3.63, 3.8) is 0 Å². The van der Waals surface area contributed by atoms with Crippen LogP contribution in [0.2, 0.25) is 0 Å². The highest BCUT2D eigenvalue weighted by molar-refractivity contribution is 5.85. The Hall–Kier alpha value is 0.250. The third-order valence-electron chi connectivity index (χ3n) is 4.96. The van der Waals surface area contributed by atoms with Gasteiger partial charge in [-0.3, -0.25) is 0 Å². The first-order valence-electron chi connectivity index (χ1n) is 12.3. The Bertz CT molecular complexity index is 196. The molecule has 0 radical (unpaired) electrons. The van der Waals surface area contributed by atoms with E-state index in [4.69, 9.17) is 0 Å². The van der Waals surface area contributed by atoms with Crippen molar-refractivity contribution in [3.05, 3.63) is 0 Å². The predicted molar refractivity (Wildman–Crippen MR) is 131 cm³/mol. The van der Waals surface area contributed by atoms with Gasteiger partial charge >= 0.3 is 0 Å². The zero-order chi connectivity index (χ0) is 19.7. The van der Waals surface area contributed by atoms with E-state index < -0.39 is 0 Å². The first-order valence-corrected chi connectivity index (χ1v) is 12.3. The van der Waals surface area contributed by atoms with E-state index in [1.54, 1.807) is 0 Å². The van der Waals surface area contributed by atoms with Crippen molar-refractivity contribution in [1.29, 1.82) is 0 Å². The van der Waals surface area contributed by atoms with E-state index in [1.807, 2.05) is 26.0 Å². The van der Waals surface area contributed by atoms with Gasteiger partial charge in [0.1, 0.15) is 0 Å². The van der Waals surface area contributed by atoms with Crippen LogP contribution in [0.1, 0.15) is 142 Å². The molecular formula is C25H56ClN. The predicted octanol–water partition coefficient (Wildman–Crippen LogP) is 9.43. The molecule has 0 spiro atoms. The standard InChI is InChI=1S/C22H46.C3H9N.ClH/c1-3-5-7-9-11-13-15-17-19-21-22-20-18-16-14-12-10-8-6-4-2;1-4(2)3;/h3-22H2,1-2H3;1-3H3;1H. The lowest BCUT2D eigenvalue weighted by molar-refractivity contribution is 0.505. The average Bonchev–Trinajstić information content (AvgIpc) is 2.60. The minimum absolute atomic E-state index is 0. The van der Waals surface area contributed by atoms with Gasteiger partial charge in [-0.25, -0.2) is 0 Å². The quantitative estimate of drug-likeness (QED) is 0.193. The van der Waals surface area contributed by atoms with Crippen molar-refractivity contribution < 1.29 is 0 Å². The fourth-order valence-corrected chi connectivity index (χ4v) is 3.33. The second-order valence-electron chi connectivity index (χ2n) is 8.71. The number of hydrogen-bond donors (Lipinski definition) is 0. The van der Waals surface area contributed by atoms with E-state index in [0.717, 1.165) is 0 Å². The molecule has 0 rings (SSSR count). The van der Waals surface area contributed by atoms with Crippen molar-refractivity contribution in [2.45, 2.75) is 142 Å². The van der Waals surface area contributed by atoms with Crippen LogP contribution in [0, 0.1) is 0 Å². The first-order chi connectivity index (χ1) is 12.6. The van der Waals surface area contributed by atoms with Gasteiger partial charge in [0.25, 0.3) is 0 Å². The molecule has 2 heteroatoms. The van der Waals surface area contributed by atoms with E-state index >= 15 is 0 Å². The summed E-state index contributed by atoms with van der Waals surface area (Å²) in [4.78, 5) is 2.00. The van der Waals surface area contributed by atoms with Crippen LogP contribution < -0.4 is 0 Å². The molecule has 0 amide bonds. The van der Waals surface area contributed by atoms with Gasteiger partial charge in [-0.05, 0) is 21.1 Å². The largest absolute Gasteiger partial charge is 0.312 e. The average molecular weight is 406 g/mol. The van der Waals surface area contributed by atoms with Gasteiger partial charge in [-0.15, -0.1) is 12.4 Å². The fraction of sp³-hybridized carbons (Fsp3) is 1.00. The molecule has 0 unspecified atom stereocenters. The summed E-state index contributed by atoms with van der Waals surface area (Å²) >= 11 is 0. The molecule has 0 N–H and O–H groups in total. The lowest BCUT2D eigenvalue weighted by Gasteiger charge is -2.03. The van der Waals surface area contributed by atoms with Crippen LogP contribution in [-0.2, 0) is 0 Å². The Morgan fingerprint density at radius 1 is 0.333 bits per heavy atom. The zero-order valence-corrected chi connectivity index (χ0v) is 20.8. The minimum Gasteiger partial charge on any atom is -0.312 e. The molecule has 27 heavy (non-hydrogen) atoms. The monoisotopic (exact) mass is 405 g/mol. The second kappa shape index (κ2) is 31.0. The van der Waals surface area contributed by atoms with Crippen LogP contribution >= 0.6 is 12.4 Å². The third-order valence-corrected chi connectivity index (χ3v) is 4.96. The highest BCUT2D eigenvalue weighted by Gasteiger charge is 1.94. The summed E-state index contributed by atoms with van der Waals surface area (Å²) in [6.45, 7) is 4.60. The molecule has 0 saturated carbocycles. The van der Waals surface area contributed by atoms with Crippen molar-refractivity contribution in [3.8, 4) is 0 Å². The highest BCUT2D eigenvalue weighted by Crippen LogP contribution is 2.14. The highest BCUT2D eigenvalue weighted by atomic mass is 35.5. The normalized spacial score (nSPS) is 10.4. The Morgan fingerprint density at radius 2 is 0.444 bits per heavy atom. The van der Waals surface area contributed by atoms with Gasteiger partial charge in [0, 0.05) is 0 Å². The summed E-state index contributed by atoms with van der Waals surface area (Å²) in [5.41, 5.74) is 0. The summed E-state index contributed by atoms with van der Waals surface area (Å²) < 4.78 is 0. The summed E-state index contributed by atoms with van der Waals surface area (Å²) in [5.74, 6) is 0. The SMILES string of the molecule is CCCCCCCCCCCCCCCCCCCCCC.CN(C)C.Cl. The van der Waals surface area contributed by atoms with Gasteiger partial charge in [0.15, 0.2) is 0 Å². The fourth-order valence-electron chi connectivity index (χ4n) is 3.33. The maximum Gasteiger partial charge on any atom is -0.0140 e. The molecule has 0 fully saturated rings. The van der Waals surface area contributed by atoms with E-state index in [-0.39, 0.29) is 12.4 Å². The van der Waals surface area contributed by atoms with Crippen molar-refractivity contribution in [2.24, 2.45) is 0 Å². The molecule has 0 aliphatic rings. The van der Waals surface area contributed by atoms with E-state index in [1.165, 1.54) is 128 Å². The van der Waals surface area contributed by atoms with Crippen LogP contribution in [-0.4, -0.2) is 26.0 Å². The smallest absolute Gasteiger partial charge is 0.0140 e. The van der Waals surface area contributed by atoms with Crippen LogP contribution in [0.4, 0.5) is 0 Å². The third kappa shape index (κ3) is 41.7. The van der Waals surface area contributed by atoms with Crippen LogP contribution in [0.25, 0.3) is 0 Å². The molecule has 0 bridgehead atoms. The molecule has 0 aliphatic heterocycles. The molecule has 0 heterocycles. The molecule has 0 aliphatic carbocycles. The van der Waals surface area contributed by atoms with Crippen molar-refractivity contribution in [2.75, 3.05) is 21.1 Å². The summed E-state index contributed by atoms with van der Waals surface area (Å²) in [7, 11) is 6.00. The van der Waals surface area contributed by atoms with Gasteiger partial charge in [0.2, 0.25) is 0 Å². The van der Waals surface area contributed by atoms with E-state index in [2.05, 4.69) is 13.8 Å². The number of nitrogens with zero attached hydrogens (tertiary/aromatic N) is 1. The van der Waals surface area contributed by atoms with Gasteiger partial charge in [-0.1, -0.05) is 142 Å². The summed E-state index contributed by atoms with van der Waals surface area (Å²) in [6.07, 6.45) is 29.4. The molecular weight excluding hydrogens is 350 g/mol. The number of hydrogen-bond acceptors (Lipinski definition) is 1. The lowest BCUT2D eigenvalue weighted by Crippen LogP contribution is -1.99. The van der Waals surface area contributed by atoms with E-state index in [0.29, 0.717) is 0 Å². The topological polar surface area (TPSA) is 3.24 Å². The number of rotatable bonds is 19.